The lowest BCUT2D eigenvalue weighted by atomic mass is 10.2. The molecule has 0 bridgehead atoms. The summed E-state index contributed by atoms with van der Waals surface area (Å²) in [5.74, 6) is 0.155. The minimum absolute atomic E-state index is 0.0349. The van der Waals surface area contributed by atoms with Gasteiger partial charge in [0.05, 0.1) is 11.5 Å². The zero-order chi connectivity index (χ0) is 21.4. The highest BCUT2D eigenvalue weighted by molar-refractivity contribution is 7.87. The Hall–Kier alpha value is -3.67. The highest BCUT2D eigenvalue weighted by atomic mass is 32.2. The van der Waals surface area contributed by atoms with Crippen LogP contribution >= 0.6 is 0 Å². The van der Waals surface area contributed by atoms with E-state index in [4.69, 9.17) is 20.4 Å². The first-order valence-electron chi connectivity index (χ1n) is 8.22. The smallest absolute Gasteiger partial charge is 0.346 e. The van der Waals surface area contributed by atoms with Crippen molar-refractivity contribution in [1.29, 1.82) is 0 Å². The van der Waals surface area contributed by atoms with Gasteiger partial charge in [0.1, 0.15) is 11.5 Å². The summed E-state index contributed by atoms with van der Waals surface area (Å²) in [5, 5.41) is 18.1. The van der Waals surface area contributed by atoms with Crippen LogP contribution in [0.1, 0.15) is 12.0 Å². The number of ether oxygens (including phenoxy) is 1. The molecule has 0 unspecified atom stereocenters. The van der Waals surface area contributed by atoms with Crippen LogP contribution in [0.3, 0.4) is 0 Å². The van der Waals surface area contributed by atoms with Crippen LogP contribution < -0.4 is 20.4 Å². The second-order valence-corrected chi connectivity index (χ2v) is 7.22. The van der Waals surface area contributed by atoms with E-state index in [1.165, 1.54) is 30.5 Å². The molecule has 4 N–H and O–H groups in total. The van der Waals surface area contributed by atoms with E-state index in [-0.39, 0.29) is 18.3 Å². The molecular weight excluding hydrogens is 402 g/mol. The maximum atomic E-state index is 12.5. The lowest BCUT2D eigenvalue weighted by Gasteiger charge is -2.11. The van der Waals surface area contributed by atoms with E-state index < -0.39 is 25.6 Å². The van der Waals surface area contributed by atoms with E-state index in [1.807, 2.05) is 0 Å². The maximum Gasteiger partial charge on any atom is 0.346 e. The summed E-state index contributed by atoms with van der Waals surface area (Å²) in [5.41, 5.74) is 10.4. The lowest BCUT2D eigenvalue weighted by molar-refractivity contribution is -0.387. The summed E-state index contributed by atoms with van der Waals surface area (Å²) < 4.78 is 35.7. The van der Waals surface area contributed by atoms with Gasteiger partial charge in [-0.25, -0.2) is 0 Å². The molecule has 2 rings (SSSR count). The zero-order valence-electron chi connectivity index (χ0n) is 15.4. The highest BCUT2D eigenvalue weighted by Gasteiger charge is 2.27. The molecule has 12 heteroatoms. The summed E-state index contributed by atoms with van der Waals surface area (Å²) >= 11 is 0. The molecule has 0 radical (unpaired) electrons. The predicted octanol–water partition coefficient (Wildman–Crippen LogP) is 1.70. The van der Waals surface area contributed by atoms with Crippen LogP contribution in [0.2, 0.25) is 0 Å². The highest BCUT2D eigenvalue weighted by Crippen LogP contribution is 2.29. The van der Waals surface area contributed by atoms with Crippen molar-refractivity contribution < 1.29 is 22.3 Å². The van der Waals surface area contributed by atoms with Gasteiger partial charge in [-0.05, 0) is 30.7 Å². The first-order valence-corrected chi connectivity index (χ1v) is 9.62. The fraction of sp³-hybridized carbons (Fsp3) is 0.176. The van der Waals surface area contributed by atoms with E-state index in [0.29, 0.717) is 17.7 Å². The van der Waals surface area contributed by atoms with E-state index in [1.54, 1.807) is 13.0 Å². The summed E-state index contributed by atoms with van der Waals surface area (Å²) in [6, 6.07) is 9.45. The maximum absolute atomic E-state index is 12.5. The van der Waals surface area contributed by atoms with E-state index in [9.17, 15) is 18.5 Å². The average Bonchev–Trinajstić information content (AvgIpc) is 2.63. The number of guanidine groups is 1. The van der Waals surface area contributed by atoms with E-state index in [2.05, 4.69) is 10.2 Å². The lowest BCUT2D eigenvalue weighted by Crippen LogP contribution is -2.21. The fourth-order valence-corrected chi connectivity index (χ4v) is 3.31. The first-order chi connectivity index (χ1) is 13.7. The van der Waals surface area contributed by atoms with Crippen LogP contribution in [0.5, 0.6) is 11.5 Å². The van der Waals surface area contributed by atoms with Gasteiger partial charge in [0, 0.05) is 24.8 Å². The Morgan fingerprint density at radius 2 is 1.90 bits per heavy atom. The van der Waals surface area contributed by atoms with Gasteiger partial charge in [-0.15, -0.1) is 5.10 Å². The Morgan fingerprint density at radius 3 is 2.59 bits per heavy atom. The molecule has 0 heterocycles. The molecule has 0 aromatic heterocycles. The predicted molar refractivity (Wildman–Crippen MR) is 107 cm³/mol. The molecule has 0 aliphatic heterocycles. The standard InChI is InChI=1S/C17H19N5O6S/c1-12-9-13(27-8-4-7-20-21-17(18)19)11-14(10-12)28-29(25,26)16-6-3-2-5-15(16)22(23)24/h2-3,5-7,9-11H,4,8H2,1H3,(H4,18,19,21)/b20-7-. The number of nitro groups is 1. The summed E-state index contributed by atoms with van der Waals surface area (Å²) in [4.78, 5) is 9.77. The number of nitrogens with zero attached hydrogens (tertiary/aromatic N) is 3. The molecule has 11 nitrogen and oxygen atoms in total. The van der Waals surface area contributed by atoms with Crippen molar-refractivity contribution in [2.75, 3.05) is 6.61 Å². The Labute approximate surface area is 166 Å². The second-order valence-electron chi connectivity index (χ2n) is 5.70. The molecule has 0 fully saturated rings. The van der Waals surface area contributed by atoms with E-state index in [0.717, 1.165) is 12.1 Å². The monoisotopic (exact) mass is 421 g/mol. The van der Waals surface area contributed by atoms with Crippen molar-refractivity contribution in [3.63, 3.8) is 0 Å². The SMILES string of the molecule is Cc1cc(OCC/C=N\N=C(N)N)cc(OS(=O)(=O)c2ccccc2[N+](=O)[O-])c1. The number of nitrogens with two attached hydrogens (primary N) is 2. The molecule has 2 aromatic rings. The number of hydrogen-bond donors (Lipinski definition) is 2. The van der Waals surface area contributed by atoms with Crippen molar-refractivity contribution in [2.45, 2.75) is 18.2 Å². The van der Waals surface area contributed by atoms with Gasteiger partial charge in [0.25, 0.3) is 5.69 Å². The molecule has 0 spiro atoms. The van der Waals surface area contributed by atoms with E-state index >= 15 is 0 Å². The topological polar surface area (TPSA) is 172 Å². The molecule has 0 atom stereocenters. The number of nitro benzene ring substituents is 1. The molecule has 2 aromatic carbocycles. The van der Waals surface area contributed by atoms with Crippen molar-refractivity contribution in [2.24, 2.45) is 21.7 Å². The van der Waals surface area contributed by atoms with Crippen LogP contribution in [-0.4, -0.2) is 32.1 Å². The van der Waals surface area contributed by atoms with Crippen molar-refractivity contribution in [1.82, 2.24) is 0 Å². The number of hydrogen-bond acceptors (Lipinski definition) is 8. The van der Waals surface area contributed by atoms with Crippen molar-refractivity contribution in [3.05, 3.63) is 58.1 Å². The number of aryl methyl sites for hydroxylation is 1. The number of benzene rings is 2. The molecule has 0 aliphatic carbocycles. The Bertz CT molecular complexity index is 1050. The van der Waals surface area contributed by atoms with Crippen LogP contribution in [0.25, 0.3) is 0 Å². The van der Waals surface area contributed by atoms with Gasteiger partial charge in [-0.3, -0.25) is 10.1 Å². The van der Waals surface area contributed by atoms with Crippen LogP contribution in [-0.2, 0) is 10.1 Å². The van der Waals surface area contributed by atoms with Gasteiger partial charge < -0.3 is 20.4 Å². The minimum atomic E-state index is -4.42. The quantitative estimate of drug-likeness (QED) is 0.154. The largest absolute Gasteiger partial charge is 0.493 e. The Kier molecular flexibility index (Phi) is 7.09. The minimum Gasteiger partial charge on any atom is -0.493 e. The molecule has 29 heavy (non-hydrogen) atoms. The molecule has 154 valence electrons. The van der Waals surface area contributed by atoms with Crippen molar-refractivity contribution in [3.8, 4) is 11.5 Å². The van der Waals surface area contributed by atoms with Gasteiger partial charge in [-0.1, -0.05) is 12.1 Å². The van der Waals surface area contributed by atoms with Crippen LogP contribution in [0, 0.1) is 17.0 Å². The summed E-state index contributed by atoms with van der Waals surface area (Å²) in [7, 11) is -4.42. The third kappa shape index (κ3) is 6.46. The Morgan fingerprint density at radius 1 is 1.21 bits per heavy atom. The van der Waals surface area contributed by atoms with Gasteiger partial charge in [0.15, 0.2) is 4.90 Å². The fourth-order valence-electron chi connectivity index (χ4n) is 2.23. The number of rotatable bonds is 9. The summed E-state index contributed by atoms with van der Waals surface area (Å²) in [6.45, 7) is 1.95. The first kappa shape index (κ1) is 21.6. The third-order valence-corrected chi connectivity index (χ3v) is 4.63. The second kappa shape index (κ2) is 9.50. The van der Waals surface area contributed by atoms with Gasteiger partial charge in [-0.2, -0.15) is 13.5 Å². The molecular formula is C17H19N5O6S. The summed E-state index contributed by atoms with van der Waals surface area (Å²) in [6.07, 6.45) is 1.85. The average molecular weight is 421 g/mol. The van der Waals surface area contributed by atoms with Crippen LogP contribution in [0.4, 0.5) is 5.69 Å². The van der Waals surface area contributed by atoms with Crippen LogP contribution in [0.15, 0.2) is 57.6 Å². The molecule has 0 amide bonds. The van der Waals surface area contributed by atoms with Gasteiger partial charge in [0.2, 0.25) is 5.96 Å². The number of para-hydroxylation sites is 1. The Balaban J connectivity index is 2.14. The zero-order valence-corrected chi connectivity index (χ0v) is 16.2. The molecule has 0 saturated carbocycles. The van der Waals surface area contributed by atoms with Crippen molar-refractivity contribution >= 4 is 28.0 Å². The molecule has 0 saturated heterocycles. The normalized spacial score (nSPS) is 11.2. The molecule has 0 aliphatic rings. The van der Waals surface area contributed by atoms with Gasteiger partial charge >= 0.3 is 10.1 Å². The third-order valence-electron chi connectivity index (χ3n) is 3.33.